The van der Waals surface area contributed by atoms with Crippen LogP contribution in [0, 0.1) is 6.92 Å². The molecule has 0 atom stereocenters. The van der Waals surface area contributed by atoms with Crippen LogP contribution in [0.25, 0.3) is 11.0 Å². The molecule has 2 saturated heterocycles. The first kappa shape index (κ1) is 17.2. The van der Waals surface area contributed by atoms with Crippen LogP contribution < -0.4 is 5.56 Å². The molecule has 26 heavy (non-hydrogen) atoms. The van der Waals surface area contributed by atoms with E-state index in [0.717, 1.165) is 44.3 Å². The first-order valence-corrected chi connectivity index (χ1v) is 9.32. The van der Waals surface area contributed by atoms with Gasteiger partial charge in [-0.1, -0.05) is 0 Å². The molecule has 0 spiro atoms. The molecular weight excluding hydrogens is 334 g/mol. The highest BCUT2D eigenvalue weighted by Gasteiger charge is 2.30. The number of likely N-dealkylation sites (tertiary alicyclic amines) is 2. The molecule has 2 fully saturated rings. The van der Waals surface area contributed by atoms with Crippen LogP contribution in [0.3, 0.4) is 0 Å². The second kappa shape index (κ2) is 6.85. The lowest BCUT2D eigenvalue weighted by molar-refractivity contribution is 0.0355. The van der Waals surface area contributed by atoms with E-state index in [4.69, 9.17) is 0 Å². The summed E-state index contributed by atoms with van der Waals surface area (Å²) >= 11 is 0. The van der Waals surface area contributed by atoms with Gasteiger partial charge in [0.05, 0.1) is 11.5 Å². The van der Waals surface area contributed by atoms with Gasteiger partial charge < -0.3 is 14.9 Å². The zero-order valence-corrected chi connectivity index (χ0v) is 15.0. The number of amides is 1. The molecule has 1 amide bonds. The van der Waals surface area contributed by atoms with Gasteiger partial charge >= 0.3 is 0 Å². The number of rotatable bonds is 2. The quantitative estimate of drug-likeness (QED) is 0.729. The van der Waals surface area contributed by atoms with Crippen molar-refractivity contribution in [1.29, 1.82) is 0 Å². The Hall–Kier alpha value is -2.19. The molecule has 2 aliphatic heterocycles. The lowest BCUT2D eigenvalue weighted by Crippen LogP contribution is -2.49. The van der Waals surface area contributed by atoms with Gasteiger partial charge in [0.25, 0.3) is 11.5 Å². The molecule has 4 rings (SSSR count). The van der Waals surface area contributed by atoms with Crippen LogP contribution in [0.15, 0.2) is 10.9 Å². The number of nitrogens with zero attached hydrogens (tertiary/aromatic N) is 3. The van der Waals surface area contributed by atoms with E-state index in [1.165, 1.54) is 0 Å². The van der Waals surface area contributed by atoms with Crippen molar-refractivity contribution in [3.63, 3.8) is 0 Å². The Morgan fingerprint density at radius 3 is 2.54 bits per heavy atom. The van der Waals surface area contributed by atoms with E-state index in [9.17, 15) is 14.7 Å². The Balaban J connectivity index is 1.43. The number of carbonyl (C=O) groups excluding carboxylic acids is 1. The van der Waals surface area contributed by atoms with E-state index in [1.54, 1.807) is 6.07 Å². The molecular formula is C18H25N5O3. The molecule has 2 aromatic heterocycles. The number of piperidine rings is 2. The minimum absolute atomic E-state index is 0.0791. The lowest BCUT2D eigenvalue weighted by Gasteiger charge is -2.41. The Bertz CT molecular complexity index is 857. The largest absolute Gasteiger partial charge is 0.393 e. The monoisotopic (exact) mass is 359 g/mol. The van der Waals surface area contributed by atoms with Crippen molar-refractivity contribution in [2.24, 2.45) is 0 Å². The predicted molar refractivity (Wildman–Crippen MR) is 97.2 cm³/mol. The number of hydrogen-bond donors (Lipinski definition) is 3. The lowest BCUT2D eigenvalue weighted by atomic mass is 9.98. The van der Waals surface area contributed by atoms with Gasteiger partial charge in [-0.2, -0.15) is 0 Å². The number of aliphatic hydroxyl groups excluding tert-OH is 1. The maximum atomic E-state index is 12.8. The molecule has 8 nitrogen and oxygen atoms in total. The molecule has 0 radical (unpaired) electrons. The Labute approximate surface area is 151 Å². The standard InChI is InChI=1S/C18H25N5O3/c1-11-10-14(19-16-15(11)17(25)21-20-16)18(26)23-6-2-12(3-7-23)22-8-4-13(24)5-9-22/h10,12-13,24H,2-9H2,1H3,(H2,19,20,21,25). The smallest absolute Gasteiger partial charge is 0.273 e. The second-order valence-corrected chi connectivity index (χ2v) is 7.42. The molecule has 2 aromatic rings. The minimum atomic E-state index is -0.212. The number of hydrogen-bond acceptors (Lipinski definition) is 5. The van der Waals surface area contributed by atoms with E-state index >= 15 is 0 Å². The Kier molecular flexibility index (Phi) is 4.54. The summed E-state index contributed by atoms with van der Waals surface area (Å²) in [4.78, 5) is 33.2. The highest BCUT2D eigenvalue weighted by Crippen LogP contribution is 2.22. The molecule has 3 N–H and O–H groups in total. The van der Waals surface area contributed by atoms with Gasteiger partial charge in [-0.15, -0.1) is 0 Å². The average Bonchev–Trinajstić information content (AvgIpc) is 3.03. The molecule has 0 aliphatic carbocycles. The van der Waals surface area contributed by atoms with E-state index in [1.807, 2.05) is 11.8 Å². The van der Waals surface area contributed by atoms with Crippen LogP contribution >= 0.6 is 0 Å². The molecule has 4 heterocycles. The molecule has 2 aliphatic rings. The number of aromatic nitrogens is 3. The third kappa shape index (κ3) is 3.14. The van der Waals surface area contributed by atoms with E-state index in [0.29, 0.717) is 35.9 Å². The van der Waals surface area contributed by atoms with Gasteiger partial charge in [-0.05, 0) is 44.2 Å². The molecule has 8 heteroatoms. The summed E-state index contributed by atoms with van der Waals surface area (Å²) in [5.74, 6) is -0.0791. The SMILES string of the molecule is Cc1cc(C(=O)N2CCC(N3CCC(O)CC3)CC2)nc2[nH][nH]c(=O)c12. The normalized spacial score (nSPS) is 20.8. The average molecular weight is 359 g/mol. The fourth-order valence-corrected chi connectivity index (χ4v) is 4.18. The van der Waals surface area contributed by atoms with E-state index < -0.39 is 0 Å². The maximum absolute atomic E-state index is 12.8. The Morgan fingerprint density at radius 1 is 1.15 bits per heavy atom. The number of carbonyl (C=O) groups is 1. The molecule has 0 unspecified atom stereocenters. The van der Waals surface area contributed by atoms with Gasteiger partial charge in [-0.3, -0.25) is 19.8 Å². The number of aromatic amines is 2. The summed E-state index contributed by atoms with van der Waals surface area (Å²) in [7, 11) is 0. The fraction of sp³-hybridized carbons (Fsp3) is 0.611. The van der Waals surface area contributed by atoms with Crippen molar-refractivity contribution in [2.45, 2.75) is 44.8 Å². The zero-order valence-electron chi connectivity index (χ0n) is 15.0. The van der Waals surface area contributed by atoms with Crippen LogP contribution in [0.2, 0.25) is 0 Å². The summed E-state index contributed by atoms with van der Waals surface area (Å²) in [6.45, 7) is 5.13. The topological polar surface area (TPSA) is 105 Å². The summed E-state index contributed by atoms with van der Waals surface area (Å²) in [5, 5.41) is 15.4. The van der Waals surface area contributed by atoms with Gasteiger partial charge in [-0.25, -0.2) is 4.98 Å². The zero-order chi connectivity index (χ0) is 18.3. The predicted octanol–water partition coefficient (Wildman–Crippen LogP) is 0.621. The minimum Gasteiger partial charge on any atom is -0.393 e. The molecule has 0 bridgehead atoms. The second-order valence-electron chi connectivity index (χ2n) is 7.42. The molecule has 0 aromatic carbocycles. The number of fused-ring (bicyclic) bond motifs is 1. The van der Waals surface area contributed by atoms with Crippen molar-refractivity contribution in [1.82, 2.24) is 25.0 Å². The number of pyridine rings is 1. The summed E-state index contributed by atoms with van der Waals surface area (Å²) in [6.07, 6.45) is 3.43. The van der Waals surface area contributed by atoms with Crippen LogP contribution in [0.4, 0.5) is 0 Å². The number of H-pyrrole nitrogens is 2. The molecule has 0 saturated carbocycles. The highest BCUT2D eigenvalue weighted by atomic mass is 16.3. The van der Waals surface area contributed by atoms with Crippen LogP contribution in [0.1, 0.15) is 41.7 Å². The first-order valence-electron chi connectivity index (χ1n) is 9.32. The highest BCUT2D eigenvalue weighted by molar-refractivity contribution is 5.95. The summed E-state index contributed by atoms with van der Waals surface area (Å²) in [5.41, 5.74) is 1.35. The van der Waals surface area contributed by atoms with Crippen LogP contribution in [-0.4, -0.2) is 74.3 Å². The maximum Gasteiger partial charge on any atom is 0.273 e. The van der Waals surface area contributed by atoms with Crippen LogP contribution in [0.5, 0.6) is 0 Å². The number of aliphatic hydroxyl groups is 1. The van der Waals surface area contributed by atoms with Crippen molar-refractivity contribution >= 4 is 16.9 Å². The van der Waals surface area contributed by atoms with Gasteiger partial charge in [0.15, 0.2) is 5.65 Å². The van der Waals surface area contributed by atoms with Crippen molar-refractivity contribution in [2.75, 3.05) is 26.2 Å². The summed E-state index contributed by atoms with van der Waals surface area (Å²) < 4.78 is 0. The summed E-state index contributed by atoms with van der Waals surface area (Å²) in [6, 6.07) is 2.19. The Morgan fingerprint density at radius 2 is 1.85 bits per heavy atom. The van der Waals surface area contributed by atoms with Gasteiger partial charge in [0.1, 0.15) is 5.69 Å². The van der Waals surface area contributed by atoms with Crippen molar-refractivity contribution in [3.8, 4) is 0 Å². The molecule has 140 valence electrons. The fourth-order valence-electron chi connectivity index (χ4n) is 4.18. The van der Waals surface area contributed by atoms with Gasteiger partial charge in [0, 0.05) is 32.2 Å². The van der Waals surface area contributed by atoms with Gasteiger partial charge in [0.2, 0.25) is 0 Å². The van der Waals surface area contributed by atoms with Crippen LogP contribution in [-0.2, 0) is 0 Å². The number of nitrogens with one attached hydrogen (secondary N) is 2. The van der Waals surface area contributed by atoms with E-state index in [2.05, 4.69) is 20.1 Å². The number of aryl methyl sites for hydroxylation is 1. The van der Waals surface area contributed by atoms with Crippen molar-refractivity contribution < 1.29 is 9.90 Å². The first-order chi connectivity index (χ1) is 12.5. The van der Waals surface area contributed by atoms with E-state index in [-0.39, 0.29) is 17.6 Å². The van der Waals surface area contributed by atoms with Crippen molar-refractivity contribution in [3.05, 3.63) is 27.7 Å². The third-order valence-corrected chi connectivity index (χ3v) is 5.72. The third-order valence-electron chi connectivity index (χ3n) is 5.72.